The van der Waals surface area contributed by atoms with Crippen LogP contribution in [0.1, 0.15) is 50.0 Å². The largest absolute Gasteiger partial charge is 0.489 e. The Hall–Kier alpha value is -2.63. The first-order valence-corrected chi connectivity index (χ1v) is 9.27. The van der Waals surface area contributed by atoms with Crippen LogP contribution in [0, 0.1) is 0 Å². The molecule has 6 heteroatoms. The molecule has 1 saturated heterocycles. The van der Waals surface area contributed by atoms with Gasteiger partial charge in [-0.05, 0) is 38.8 Å². The van der Waals surface area contributed by atoms with Crippen molar-refractivity contribution >= 4 is 17.4 Å². The standard InChI is InChI=1S/C20H26N4O2/c1-15(2)26-18-10-6-5-9-16(18)23-20(25)17-13-19(22-14-21-17)24-11-7-3-4-8-12-24/h5-6,9-10,13-15H,3-4,7-8,11-12H2,1-2H3,(H,23,25). The zero-order valence-electron chi connectivity index (χ0n) is 15.4. The Morgan fingerprint density at radius 2 is 1.85 bits per heavy atom. The topological polar surface area (TPSA) is 67.3 Å². The Balaban J connectivity index is 1.75. The van der Waals surface area contributed by atoms with Crippen molar-refractivity contribution in [3.05, 3.63) is 42.4 Å². The number of amides is 1. The molecule has 0 saturated carbocycles. The highest BCUT2D eigenvalue weighted by Crippen LogP contribution is 2.25. The maximum absolute atomic E-state index is 12.7. The summed E-state index contributed by atoms with van der Waals surface area (Å²) >= 11 is 0. The summed E-state index contributed by atoms with van der Waals surface area (Å²) in [7, 11) is 0. The van der Waals surface area contributed by atoms with Crippen LogP contribution in [-0.2, 0) is 0 Å². The smallest absolute Gasteiger partial charge is 0.274 e. The van der Waals surface area contributed by atoms with Gasteiger partial charge >= 0.3 is 0 Å². The van der Waals surface area contributed by atoms with Crippen molar-refractivity contribution < 1.29 is 9.53 Å². The van der Waals surface area contributed by atoms with Gasteiger partial charge in [0.1, 0.15) is 23.6 Å². The molecular formula is C20H26N4O2. The average molecular weight is 354 g/mol. The normalized spacial score (nSPS) is 14.8. The third-order valence-electron chi connectivity index (χ3n) is 4.31. The number of anilines is 2. The monoisotopic (exact) mass is 354 g/mol. The Bertz CT molecular complexity index is 740. The summed E-state index contributed by atoms with van der Waals surface area (Å²) in [5.74, 6) is 1.21. The summed E-state index contributed by atoms with van der Waals surface area (Å²) in [5, 5.41) is 2.90. The molecule has 0 unspecified atom stereocenters. The zero-order valence-corrected chi connectivity index (χ0v) is 15.4. The number of ether oxygens (including phenoxy) is 1. The summed E-state index contributed by atoms with van der Waals surface area (Å²) in [6.07, 6.45) is 6.31. The summed E-state index contributed by atoms with van der Waals surface area (Å²) in [4.78, 5) is 23.4. The minimum atomic E-state index is -0.261. The second kappa shape index (κ2) is 8.65. The van der Waals surface area contributed by atoms with Crippen molar-refractivity contribution in [3.8, 4) is 5.75 Å². The van der Waals surface area contributed by atoms with Crippen molar-refractivity contribution in [2.45, 2.75) is 45.6 Å². The SMILES string of the molecule is CC(C)Oc1ccccc1NC(=O)c1cc(N2CCCCCC2)ncn1. The van der Waals surface area contributed by atoms with Gasteiger partial charge in [0.25, 0.3) is 5.91 Å². The molecule has 1 aromatic heterocycles. The number of aromatic nitrogens is 2. The summed E-state index contributed by atoms with van der Waals surface area (Å²) in [6, 6.07) is 9.19. The van der Waals surface area contributed by atoms with E-state index in [2.05, 4.69) is 20.2 Å². The number of carbonyl (C=O) groups excluding carboxylic acids is 1. The second-order valence-corrected chi connectivity index (χ2v) is 6.78. The Labute approximate surface area is 154 Å². The lowest BCUT2D eigenvalue weighted by Crippen LogP contribution is -2.25. The highest BCUT2D eigenvalue weighted by atomic mass is 16.5. The Morgan fingerprint density at radius 3 is 2.58 bits per heavy atom. The van der Waals surface area contributed by atoms with E-state index in [1.54, 1.807) is 6.07 Å². The summed E-state index contributed by atoms with van der Waals surface area (Å²) in [6.45, 7) is 5.86. The van der Waals surface area contributed by atoms with E-state index in [1.165, 1.54) is 19.2 Å². The zero-order chi connectivity index (χ0) is 18.4. The summed E-state index contributed by atoms with van der Waals surface area (Å²) < 4.78 is 5.76. The first-order valence-electron chi connectivity index (χ1n) is 9.27. The molecule has 1 N–H and O–H groups in total. The Kier molecular flexibility index (Phi) is 6.04. The van der Waals surface area contributed by atoms with Crippen LogP contribution < -0.4 is 15.0 Å². The van der Waals surface area contributed by atoms with E-state index in [-0.39, 0.29) is 12.0 Å². The van der Waals surface area contributed by atoms with Crippen LogP contribution in [-0.4, -0.2) is 35.1 Å². The number of nitrogens with zero attached hydrogens (tertiary/aromatic N) is 3. The van der Waals surface area contributed by atoms with E-state index in [9.17, 15) is 4.79 Å². The van der Waals surface area contributed by atoms with Crippen molar-refractivity contribution in [2.24, 2.45) is 0 Å². The number of carbonyl (C=O) groups is 1. The highest BCUT2D eigenvalue weighted by Gasteiger charge is 2.16. The molecule has 1 aliphatic rings. The molecule has 1 aromatic carbocycles. The van der Waals surface area contributed by atoms with Gasteiger partial charge in [-0.15, -0.1) is 0 Å². The minimum Gasteiger partial charge on any atom is -0.489 e. The van der Waals surface area contributed by atoms with Crippen LogP contribution in [0.15, 0.2) is 36.7 Å². The Morgan fingerprint density at radius 1 is 1.12 bits per heavy atom. The van der Waals surface area contributed by atoms with Crippen molar-refractivity contribution in [1.29, 1.82) is 0 Å². The molecule has 1 aliphatic heterocycles. The van der Waals surface area contributed by atoms with Gasteiger partial charge in [-0.25, -0.2) is 9.97 Å². The van der Waals surface area contributed by atoms with Crippen LogP contribution in [0.3, 0.4) is 0 Å². The molecule has 0 spiro atoms. The number of rotatable bonds is 5. The van der Waals surface area contributed by atoms with Gasteiger partial charge in [-0.2, -0.15) is 0 Å². The van der Waals surface area contributed by atoms with Crippen LogP contribution in [0.4, 0.5) is 11.5 Å². The van der Waals surface area contributed by atoms with E-state index in [0.717, 1.165) is 31.7 Å². The lowest BCUT2D eigenvalue weighted by molar-refractivity contribution is 0.102. The predicted octanol–water partition coefficient (Wildman–Crippen LogP) is 3.90. The molecule has 2 heterocycles. The van der Waals surface area contributed by atoms with Crippen LogP contribution in [0.25, 0.3) is 0 Å². The third-order valence-corrected chi connectivity index (χ3v) is 4.31. The predicted molar refractivity (Wildman–Crippen MR) is 103 cm³/mol. The van der Waals surface area contributed by atoms with E-state index >= 15 is 0 Å². The quantitative estimate of drug-likeness (QED) is 0.882. The minimum absolute atomic E-state index is 0.0294. The molecule has 1 amide bonds. The molecule has 1 fully saturated rings. The van der Waals surface area contributed by atoms with Crippen LogP contribution >= 0.6 is 0 Å². The van der Waals surface area contributed by atoms with Gasteiger partial charge in [0, 0.05) is 19.2 Å². The van der Waals surface area contributed by atoms with E-state index in [4.69, 9.17) is 4.74 Å². The molecular weight excluding hydrogens is 328 g/mol. The summed E-state index contributed by atoms with van der Waals surface area (Å²) in [5.41, 5.74) is 1.000. The molecule has 26 heavy (non-hydrogen) atoms. The van der Waals surface area contributed by atoms with E-state index < -0.39 is 0 Å². The van der Waals surface area contributed by atoms with Crippen molar-refractivity contribution in [3.63, 3.8) is 0 Å². The van der Waals surface area contributed by atoms with Crippen LogP contribution in [0.5, 0.6) is 5.75 Å². The van der Waals surface area contributed by atoms with E-state index in [1.807, 2.05) is 38.1 Å². The molecule has 0 aliphatic carbocycles. The first kappa shape index (κ1) is 18.2. The molecule has 138 valence electrons. The molecule has 0 bridgehead atoms. The van der Waals surface area contributed by atoms with Gasteiger partial charge in [0.2, 0.25) is 0 Å². The van der Waals surface area contributed by atoms with Gasteiger partial charge < -0.3 is 15.0 Å². The maximum atomic E-state index is 12.7. The van der Waals surface area contributed by atoms with Gasteiger partial charge in [-0.3, -0.25) is 4.79 Å². The first-order chi connectivity index (χ1) is 12.6. The molecule has 0 radical (unpaired) electrons. The molecule has 3 rings (SSSR count). The number of nitrogens with one attached hydrogen (secondary N) is 1. The number of hydrogen-bond acceptors (Lipinski definition) is 5. The fourth-order valence-corrected chi connectivity index (χ4v) is 3.06. The van der Waals surface area contributed by atoms with Crippen molar-refractivity contribution in [1.82, 2.24) is 9.97 Å². The molecule has 2 aromatic rings. The van der Waals surface area contributed by atoms with Gasteiger partial charge in [-0.1, -0.05) is 25.0 Å². The number of para-hydroxylation sites is 2. The lowest BCUT2D eigenvalue weighted by Gasteiger charge is -2.21. The van der Waals surface area contributed by atoms with Gasteiger partial charge in [0.15, 0.2) is 0 Å². The fraction of sp³-hybridized carbons (Fsp3) is 0.450. The van der Waals surface area contributed by atoms with Gasteiger partial charge in [0.05, 0.1) is 11.8 Å². The molecule has 6 nitrogen and oxygen atoms in total. The van der Waals surface area contributed by atoms with E-state index in [0.29, 0.717) is 17.1 Å². The molecule has 0 atom stereocenters. The van der Waals surface area contributed by atoms with Crippen molar-refractivity contribution in [2.75, 3.05) is 23.3 Å². The highest BCUT2D eigenvalue weighted by molar-refractivity contribution is 6.04. The second-order valence-electron chi connectivity index (χ2n) is 6.78. The number of hydrogen-bond donors (Lipinski definition) is 1. The average Bonchev–Trinajstić information content (AvgIpc) is 2.92. The van der Waals surface area contributed by atoms with Crippen LogP contribution in [0.2, 0.25) is 0 Å². The number of benzene rings is 1. The lowest BCUT2D eigenvalue weighted by atomic mass is 10.2. The fourth-order valence-electron chi connectivity index (χ4n) is 3.06. The third kappa shape index (κ3) is 4.71. The maximum Gasteiger partial charge on any atom is 0.274 e.